The molecule has 3 aliphatic rings. The van der Waals surface area contributed by atoms with Gasteiger partial charge in [-0.15, -0.1) is 0 Å². The molecule has 11 nitrogen and oxygen atoms in total. The lowest BCUT2D eigenvalue weighted by Gasteiger charge is -2.41. The summed E-state index contributed by atoms with van der Waals surface area (Å²) in [5.41, 5.74) is 2.23. The number of anilines is 1. The molecule has 1 aromatic heterocycles. The van der Waals surface area contributed by atoms with Gasteiger partial charge in [0.1, 0.15) is 11.6 Å². The van der Waals surface area contributed by atoms with Crippen LogP contribution in [-0.4, -0.2) is 79.8 Å². The number of carboxylic acid groups (broad SMARTS) is 1. The zero-order valence-corrected chi connectivity index (χ0v) is 24.4. The second-order valence-electron chi connectivity index (χ2n) is 10.4. The fraction of sp³-hybridized carbons (Fsp3) is 0.444. The van der Waals surface area contributed by atoms with E-state index in [4.69, 9.17) is 14.2 Å². The smallest absolute Gasteiger partial charge is 0.407 e. The second-order valence-corrected chi connectivity index (χ2v) is 13.2. The second kappa shape index (κ2) is 10.4. The van der Waals surface area contributed by atoms with Gasteiger partial charge in [0.15, 0.2) is 6.79 Å². The summed E-state index contributed by atoms with van der Waals surface area (Å²) in [6.45, 7) is 1.16. The molecule has 0 radical (unpaired) electrons. The Balaban J connectivity index is 1.41. The topological polar surface area (TPSA) is 131 Å². The number of benzene rings is 2. The Morgan fingerprint density at radius 1 is 1.20 bits per heavy atom. The van der Waals surface area contributed by atoms with Crippen LogP contribution >= 0.6 is 15.9 Å². The SMILES string of the molecule is COCOc1cc(C2Cc3nc(S(C)(=O)=O)nc(N4CC5CCC(C4)N5C(=O)O)c3CO2)c2c(Br)cccc2c1. The van der Waals surface area contributed by atoms with Crippen molar-refractivity contribution in [2.24, 2.45) is 0 Å². The molecule has 2 bridgehead atoms. The van der Waals surface area contributed by atoms with Crippen molar-refractivity contribution in [2.75, 3.05) is 38.1 Å². The van der Waals surface area contributed by atoms with Crippen molar-refractivity contribution in [3.8, 4) is 5.75 Å². The number of piperazine rings is 1. The summed E-state index contributed by atoms with van der Waals surface area (Å²) in [6.07, 6.45) is 1.62. The van der Waals surface area contributed by atoms with Crippen LogP contribution in [0.25, 0.3) is 10.8 Å². The zero-order valence-electron chi connectivity index (χ0n) is 22.0. The highest BCUT2D eigenvalue weighted by Gasteiger charge is 2.44. The summed E-state index contributed by atoms with van der Waals surface area (Å²) in [6, 6.07) is 9.43. The quantitative estimate of drug-likeness (QED) is 0.315. The summed E-state index contributed by atoms with van der Waals surface area (Å²) in [5.74, 6) is 1.14. The maximum atomic E-state index is 12.7. The molecule has 40 heavy (non-hydrogen) atoms. The van der Waals surface area contributed by atoms with E-state index < -0.39 is 22.0 Å². The Hall–Kier alpha value is -3.00. The third-order valence-corrected chi connectivity index (χ3v) is 9.32. The number of amides is 1. The number of aromatic nitrogens is 2. The number of nitrogens with zero attached hydrogens (tertiary/aromatic N) is 4. The average molecular weight is 634 g/mol. The first-order valence-corrected chi connectivity index (χ1v) is 15.6. The van der Waals surface area contributed by atoms with Crippen molar-refractivity contribution >= 4 is 48.5 Å². The van der Waals surface area contributed by atoms with Crippen LogP contribution in [0.4, 0.5) is 10.6 Å². The van der Waals surface area contributed by atoms with Crippen LogP contribution in [0.15, 0.2) is 40.0 Å². The van der Waals surface area contributed by atoms with Crippen molar-refractivity contribution in [3.63, 3.8) is 0 Å². The first kappa shape index (κ1) is 27.2. The number of ether oxygens (including phenoxy) is 3. The van der Waals surface area contributed by atoms with Crippen LogP contribution in [0.5, 0.6) is 5.75 Å². The van der Waals surface area contributed by atoms with Crippen LogP contribution in [0.2, 0.25) is 0 Å². The van der Waals surface area contributed by atoms with E-state index in [9.17, 15) is 18.3 Å². The van der Waals surface area contributed by atoms with Gasteiger partial charge < -0.3 is 24.2 Å². The molecule has 0 spiro atoms. The summed E-state index contributed by atoms with van der Waals surface area (Å²) in [4.78, 5) is 24.3. The first-order chi connectivity index (χ1) is 19.1. The van der Waals surface area contributed by atoms with E-state index in [0.29, 0.717) is 36.8 Å². The molecule has 2 saturated heterocycles. The number of halogens is 1. The molecule has 3 unspecified atom stereocenters. The highest BCUT2D eigenvalue weighted by molar-refractivity contribution is 9.10. The molecule has 0 saturated carbocycles. The van der Waals surface area contributed by atoms with Gasteiger partial charge in [0.25, 0.3) is 0 Å². The summed E-state index contributed by atoms with van der Waals surface area (Å²) in [7, 11) is -2.15. The molecule has 13 heteroatoms. The van der Waals surface area contributed by atoms with Gasteiger partial charge in [0, 0.05) is 48.3 Å². The third-order valence-electron chi connectivity index (χ3n) is 7.81. The van der Waals surface area contributed by atoms with Crippen LogP contribution < -0.4 is 9.64 Å². The Morgan fingerprint density at radius 3 is 2.62 bits per heavy atom. The molecule has 3 aromatic rings. The van der Waals surface area contributed by atoms with Gasteiger partial charge in [-0.1, -0.05) is 28.1 Å². The average Bonchev–Trinajstić information content (AvgIpc) is 3.20. The Morgan fingerprint density at radius 2 is 1.95 bits per heavy atom. The molecular formula is C27H29BrN4O7S. The number of hydrogen-bond acceptors (Lipinski definition) is 9. The van der Waals surface area contributed by atoms with Crippen molar-refractivity contribution in [1.29, 1.82) is 0 Å². The number of fused-ring (bicyclic) bond motifs is 4. The third kappa shape index (κ3) is 4.89. The molecule has 2 aromatic carbocycles. The van der Waals surface area contributed by atoms with Crippen molar-refractivity contribution in [3.05, 3.63) is 51.6 Å². The zero-order chi connectivity index (χ0) is 28.2. The predicted octanol–water partition coefficient (Wildman–Crippen LogP) is 3.92. The van der Waals surface area contributed by atoms with Crippen molar-refractivity contribution < 1.29 is 32.5 Å². The van der Waals surface area contributed by atoms with E-state index >= 15 is 0 Å². The first-order valence-electron chi connectivity index (χ1n) is 13.0. The highest BCUT2D eigenvalue weighted by atomic mass is 79.9. The van der Waals surface area contributed by atoms with Crippen molar-refractivity contribution in [2.45, 2.75) is 49.2 Å². The van der Waals surface area contributed by atoms with Gasteiger partial charge in [-0.2, -0.15) is 0 Å². The fourth-order valence-corrected chi connectivity index (χ4v) is 7.23. The molecule has 6 rings (SSSR count). The van der Waals surface area contributed by atoms with E-state index in [1.165, 1.54) is 4.90 Å². The fourth-order valence-electron chi connectivity index (χ4n) is 6.10. The molecule has 1 N–H and O–H groups in total. The number of sulfone groups is 1. The standard InChI is InChI=1S/C27H29BrN4O7S/c1-37-14-39-18-8-15-4-3-5-21(28)24(15)19(9-18)23-10-22-20(13-38-23)25(30-26(29-22)40(2,35)36)31-11-16-6-7-17(12-31)32(16)27(33)34/h3-5,8-9,16-17,23H,6-7,10-14H2,1-2H3,(H,33,34). The number of hydrogen-bond donors (Lipinski definition) is 1. The number of carbonyl (C=O) groups is 1. The Labute approximate surface area is 240 Å². The summed E-state index contributed by atoms with van der Waals surface area (Å²) >= 11 is 3.68. The Kier molecular flexibility index (Phi) is 7.09. The maximum Gasteiger partial charge on any atom is 0.407 e. The van der Waals surface area contributed by atoms with Gasteiger partial charge in [0.2, 0.25) is 15.0 Å². The van der Waals surface area contributed by atoms with Gasteiger partial charge in [-0.3, -0.25) is 4.90 Å². The van der Waals surface area contributed by atoms with Gasteiger partial charge in [-0.25, -0.2) is 23.2 Å². The lowest BCUT2D eigenvalue weighted by atomic mass is 9.94. The van der Waals surface area contributed by atoms with Crippen LogP contribution in [0.3, 0.4) is 0 Å². The molecule has 212 valence electrons. The Bertz CT molecular complexity index is 1590. The lowest BCUT2D eigenvalue weighted by Crippen LogP contribution is -2.56. The minimum Gasteiger partial charge on any atom is -0.468 e. The summed E-state index contributed by atoms with van der Waals surface area (Å²) < 4.78 is 43.5. The van der Waals surface area contributed by atoms with E-state index in [1.807, 2.05) is 35.2 Å². The van der Waals surface area contributed by atoms with E-state index in [2.05, 4.69) is 25.9 Å². The predicted molar refractivity (Wildman–Crippen MR) is 149 cm³/mol. The van der Waals surface area contributed by atoms with E-state index in [1.54, 1.807) is 7.11 Å². The van der Waals surface area contributed by atoms with E-state index in [-0.39, 0.29) is 30.6 Å². The minimum absolute atomic E-state index is 0.0960. The minimum atomic E-state index is -3.71. The monoisotopic (exact) mass is 632 g/mol. The van der Waals surface area contributed by atoms with E-state index in [0.717, 1.165) is 45.5 Å². The molecule has 2 fully saturated rings. The van der Waals surface area contributed by atoms with Crippen LogP contribution in [0, 0.1) is 0 Å². The molecule has 3 atom stereocenters. The highest BCUT2D eigenvalue weighted by Crippen LogP contribution is 2.42. The largest absolute Gasteiger partial charge is 0.468 e. The lowest BCUT2D eigenvalue weighted by molar-refractivity contribution is 0.0256. The molecule has 0 aliphatic carbocycles. The van der Waals surface area contributed by atoms with Gasteiger partial charge in [-0.05, 0) is 42.0 Å². The van der Waals surface area contributed by atoms with Gasteiger partial charge >= 0.3 is 6.09 Å². The number of methoxy groups -OCH3 is 1. The normalized spacial score (nSPS) is 22.4. The molecule has 4 heterocycles. The molecule has 1 amide bonds. The van der Waals surface area contributed by atoms with Crippen LogP contribution in [0.1, 0.15) is 35.8 Å². The maximum absolute atomic E-state index is 12.7. The summed E-state index contributed by atoms with van der Waals surface area (Å²) in [5, 5.41) is 11.4. The van der Waals surface area contributed by atoms with Gasteiger partial charge in [0.05, 0.1) is 30.5 Å². The number of rotatable bonds is 6. The molecular weight excluding hydrogens is 604 g/mol. The van der Waals surface area contributed by atoms with Crippen molar-refractivity contribution in [1.82, 2.24) is 14.9 Å². The molecule has 3 aliphatic heterocycles. The van der Waals surface area contributed by atoms with Crippen LogP contribution in [-0.2, 0) is 32.3 Å².